The summed E-state index contributed by atoms with van der Waals surface area (Å²) in [6, 6.07) is 3.86. The number of ether oxygens (including phenoxy) is 1. The summed E-state index contributed by atoms with van der Waals surface area (Å²) < 4.78 is 19.0. The summed E-state index contributed by atoms with van der Waals surface area (Å²) in [5, 5.41) is 0.248. The van der Waals surface area contributed by atoms with E-state index in [1.807, 2.05) is 12.1 Å². The van der Waals surface area contributed by atoms with E-state index in [1.165, 1.54) is 37.7 Å². The van der Waals surface area contributed by atoms with Gasteiger partial charge >= 0.3 is 5.97 Å². The molecule has 3 rings (SSSR count). The molecule has 0 saturated heterocycles. The van der Waals surface area contributed by atoms with Crippen LogP contribution in [0, 0.1) is 17.3 Å². The molecule has 2 aliphatic carbocycles. The highest BCUT2D eigenvalue weighted by Crippen LogP contribution is 2.51. The Kier molecular flexibility index (Phi) is 12.2. The van der Waals surface area contributed by atoms with E-state index in [1.54, 1.807) is 0 Å². The van der Waals surface area contributed by atoms with Crippen LogP contribution >= 0.6 is 11.3 Å². The quantitative estimate of drug-likeness (QED) is 0.113. The van der Waals surface area contributed by atoms with Crippen molar-refractivity contribution in [3.63, 3.8) is 0 Å². The molecule has 5 nitrogen and oxygen atoms in total. The van der Waals surface area contributed by atoms with Gasteiger partial charge in [0.15, 0.2) is 16.6 Å². The van der Waals surface area contributed by atoms with Crippen molar-refractivity contribution in [1.82, 2.24) is 0 Å². The van der Waals surface area contributed by atoms with Gasteiger partial charge in [0.05, 0.1) is 19.3 Å². The second-order valence-electron chi connectivity index (χ2n) is 16.5. The zero-order chi connectivity index (χ0) is 33.1. The van der Waals surface area contributed by atoms with Crippen molar-refractivity contribution in [3.05, 3.63) is 34.0 Å². The van der Waals surface area contributed by atoms with E-state index < -0.39 is 16.6 Å². The maximum absolute atomic E-state index is 13.6. The number of carbonyl (C=O) groups is 2. The lowest BCUT2D eigenvalue weighted by Crippen LogP contribution is -2.51. The molecule has 44 heavy (non-hydrogen) atoms. The van der Waals surface area contributed by atoms with Crippen LogP contribution in [-0.2, 0) is 24.8 Å². The molecule has 1 heterocycles. The molecule has 0 aliphatic heterocycles. The number of thiophene rings is 1. The Hall–Kier alpha value is -1.07. The third kappa shape index (κ3) is 8.64. The molecule has 0 amide bonds. The van der Waals surface area contributed by atoms with Crippen molar-refractivity contribution >= 4 is 39.7 Å². The van der Waals surface area contributed by atoms with Gasteiger partial charge in [0.25, 0.3) is 0 Å². The molecule has 1 aromatic heterocycles. The van der Waals surface area contributed by atoms with Gasteiger partial charge in [0.2, 0.25) is 0 Å². The van der Waals surface area contributed by atoms with Crippen LogP contribution in [0.2, 0.25) is 36.3 Å². The van der Waals surface area contributed by atoms with Crippen LogP contribution in [-0.4, -0.2) is 47.7 Å². The minimum Gasteiger partial charge on any atom is -0.465 e. The highest BCUT2D eigenvalue weighted by atomic mass is 32.1. The van der Waals surface area contributed by atoms with Crippen LogP contribution in [0.25, 0.3) is 0 Å². The molecular formula is C36H62O5SSi2. The normalized spacial score (nSPS) is 23.6. The maximum Gasteiger partial charge on any atom is 0.348 e. The lowest BCUT2D eigenvalue weighted by atomic mass is 9.63. The number of carbonyl (C=O) groups excluding carboxylic acids is 2. The topological polar surface area (TPSA) is 61.8 Å². The molecule has 0 spiro atoms. The van der Waals surface area contributed by atoms with Gasteiger partial charge in [-0.25, -0.2) is 4.79 Å². The van der Waals surface area contributed by atoms with E-state index in [0.717, 1.165) is 37.0 Å². The summed E-state index contributed by atoms with van der Waals surface area (Å²) in [4.78, 5) is 27.3. The SMILES string of the molecule is CCC1(C(CC=C[C@@H]2[C@H](O[Si](C)(C)C(C)(C)C)CC(=O)[C@@H]2CCCc2ccc(C(=O)OC)s2)O[Si](C)(C)C(C)(C)C)CCC1. The van der Waals surface area contributed by atoms with E-state index in [4.69, 9.17) is 13.6 Å². The summed E-state index contributed by atoms with van der Waals surface area (Å²) in [5.41, 5.74) is 0.269. The zero-order valence-electron chi connectivity index (χ0n) is 29.9. The summed E-state index contributed by atoms with van der Waals surface area (Å²) in [6.45, 7) is 25.5. The first-order valence-electron chi connectivity index (χ1n) is 17.0. The second-order valence-corrected chi connectivity index (χ2v) is 27.2. The first kappa shape index (κ1) is 37.4. The minimum absolute atomic E-state index is 0.0374. The molecule has 0 aromatic carbocycles. The largest absolute Gasteiger partial charge is 0.465 e. The first-order chi connectivity index (χ1) is 20.3. The van der Waals surface area contributed by atoms with E-state index in [9.17, 15) is 9.59 Å². The van der Waals surface area contributed by atoms with Crippen LogP contribution in [0.5, 0.6) is 0 Å². The summed E-state index contributed by atoms with van der Waals surface area (Å²) in [7, 11) is -2.59. The van der Waals surface area contributed by atoms with Crippen LogP contribution in [0.1, 0.15) is 114 Å². The minimum atomic E-state index is -2.06. The van der Waals surface area contributed by atoms with E-state index >= 15 is 0 Å². The van der Waals surface area contributed by atoms with Gasteiger partial charge in [-0.05, 0) is 98.8 Å². The average Bonchev–Trinajstić information content (AvgIpc) is 3.46. The van der Waals surface area contributed by atoms with Crippen molar-refractivity contribution in [1.29, 1.82) is 0 Å². The van der Waals surface area contributed by atoms with Gasteiger partial charge in [-0.1, -0.05) is 67.0 Å². The Labute approximate surface area is 275 Å². The number of aryl methyl sites for hydroxylation is 1. The number of Topliss-reactive ketones (excluding diaryl/α,β-unsaturated/α-hetero) is 1. The summed E-state index contributed by atoms with van der Waals surface area (Å²) in [6.07, 6.45) is 13.8. The van der Waals surface area contributed by atoms with Crippen LogP contribution in [0.3, 0.4) is 0 Å². The highest BCUT2D eigenvalue weighted by Gasteiger charge is 2.49. The molecule has 4 atom stereocenters. The Morgan fingerprint density at radius 1 is 1.07 bits per heavy atom. The Morgan fingerprint density at radius 2 is 1.70 bits per heavy atom. The molecule has 8 heteroatoms. The lowest BCUT2D eigenvalue weighted by molar-refractivity contribution is -0.121. The lowest BCUT2D eigenvalue weighted by Gasteiger charge is -2.51. The van der Waals surface area contributed by atoms with Crippen LogP contribution in [0.4, 0.5) is 0 Å². The predicted octanol–water partition coefficient (Wildman–Crippen LogP) is 10.4. The molecule has 1 aromatic rings. The third-order valence-corrected chi connectivity index (χ3v) is 21.8. The Balaban J connectivity index is 1.82. The van der Waals surface area contributed by atoms with Crippen LogP contribution in [0.15, 0.2) is 24.3 Å². The molecule has 2 saturated carbocycles. The van der Waals surface area contributed by atoms with Crippen molar-refractivity contribution in [2.24, 2.45) is 17.3 Å². The first-order valence-corrected chi connectivity index (χ1v) is 23.6. The number of methoxy groups -OCH3 is 1. The fourth-order valence-electron chi connectivity index (χ4n) is 6.31. The predicted molar refractivity (Wildman–Crippen MR) is 190 cm³/mol. The number of rotatable bonds is 14. The molecular weight excluding hydrogens is 601 g/mol. The van der Waals surface area contributed by atoms with Gasteiger partial charge in [0.1, 0.15) is 10.7 Å². The highest BCUT2D eigenvalue weighted by molar-refractivity contribution is 7.13. The average molecular weight is 663 g/mol. The van der Waals surface area contributed by atoms with Crippen molar-refractivity contribution < 1.29 is 23.2 Å². The third-order valence-electron chi connectivity index (χ3n) is 11.6. The fraction of sp³-hybridized carbons (Fsp3) is 0.778. The number of esters is 1. The van der Waals surface area contributed by atoms with E-state index in [0.29, 0.717) is 17.1 Å². The Bertz CT molecular complexity index is 1150. The summed E-state index contributed by atoms with van der Waals surface area (Å²) in [5.74, 6) is 0.0938. The zero-order valence-corrected chi connectivity index (χ0v) is 32.7. The molecule has 0 radical (unpaired) electrons. The van der Waals surface area contributed by atoms with Crippen molar-refractivity contribution in [3.8, 4) is 0 Å². The number of hydrogen-bond acceptors (Lipinski definition) is 6. The second kappa shape index (κ2) is 14.4. The van der Waals surface area contributed by atoms with E-state index in [-0.39, 0.29) is 45.5 Å². The van der Waals surface area contributed by atoms with Gasteiger partial charge in [-0.2, -0.15) is 0 Å². The molecule has 0 N–H and O–H groups in total. The number of hydrogen-bond donors (Lipinski definition) is 0. The van der Waals surface area contributed by atoms with Gasteiger partial charge in [0, 0.05) is 23.1 Å². The maximum atomic E-state index is 13.6. The Morgan fingerprint density at radius 3 is 2.23 bits per heavy atom. The fourth-order valence-corrected chi connectivity index (χ4v) is 10.0. The summed E-state index contributed by atoms with van der Waals surface area (Å²) >= 11 is 1.49. The van der Waals surface area contributed by atoms with Crippen molar-refractivity contribution in [2.75, 3.05) is 7.11 Å². The smallest absolute Gasteiger partial charge is 0.348 e. The number of ketones is 1. The van der Waals surface area contributed by atoms with Gasteiger partial charge in [-0.3, -0.25) is 4.79 Å². The van der Waals surface area contributed by atoms with Crippen LogP contribution < -0.4 is 0 Å². The molecule has 1 unspecified atom stereocenters. The molecule has 250 valence electrons. The molecule has 0 bridgehead atoms. The van der Waals surface area contributed by atoms with Crippen molar-refractivity contribution in [2.45, 2.75) is 155 Å². The van der Waals surface area contributed by atoms with E-state index in [2.05, 4.69) is 86.8 Å². The molecule has 2 fully saturated rings. The monoisotopic (exact) mass is 662 g/mol. The van der Waals surface area contributed by atoms with Gasteiger partial charge in [-0.15, -0.1) is 11.3 Å². The molecule has 2 aliphatic rings. The van der Waals surface area contributed by atoms with Gasteiger partial charge < -0.3 is 13.6 Å². The standard InChI is InChI=1S/C36H62O5SSi2/c1-13-36(23-16-24-36)32(41-44(11,12)35(5,6)7)20-15-19-28-27(18-14-17-26-21-22-31(42-26)33(38)39-8)29(37)25-30(28)40-43(9,10)34(2,3)4/h15,19,21-22,27-28,30,32H,13-14,16-18,20,23-25H2,1-12H3/t27-,28+,30-,32?/m1/s1.